The Morgan fingerprint density at radius 3 is 1.21 bits per heavy atom. The quantitative estimate of drug-likeness (QED) is 0.156. The number of para-hydroxylation sites is 1. The van der Waals surface area contributed by atoms with E-state index in [2.05, 4.69) is 229 Å². The van der Waals surface area contributed by atoms with Gasteiger partial charge in [0.2, 0.25) is 0 Å². The highest BCUT2D eigenvalue weighted by molar-refractivity contribution is 6.15. The summed E-state index contributed by atoms with van der Waals surface area (Å²) >= 11 is 0. The van der Waals surface area contributed by atoms with Crippen LogP contribution in [0, 0.1) is 0 Å². The van der Waals surface area contributed by atoms with Crippen molar-refractivity contribution >= 4 is 39.0 Å². The van der Waals surface area contributed by atoms with Crippen molar-refractivity contribution in [2.24, 2.45) is 0 Å². The molecule has 0 saturated heterocycles. The highest BCUT2D eigenvalue weighted by Crippen LogP contribution is 2.45. The van der Waals surface area contributed by atoms with Crippen LogP contribution in [0.2, 0.25) is 0 Å². The van der Waals surface area contributed by atoms with Gasteiger partial charge in [-0.3, -0.25) is 0 Å². The van der Waals surface area contributed by atoms with Crippen LogP contribution in [0.25, 0.3) is 77.6 Å². The van der Waals surface area contributed by atoms with E-state index in [-0.39, 0.29) is 0 Å². The normalized spacial score (nSPS) is 11.2. The average molecular weight is 716 g/mol. The van der Waals surface area contributed by atoms with E-state index in [0.29, 0.717) is 0 Å². The highest BCUT2D eigenvalue weighted by Gasteiger charge is 2.21. The fraction of sp³-hybridized carbons (Fsp3) is 0. The Morgan fingerprint density at radius 2 is 0.714 bits per heavy atom. The van der Waals surface area contributed by atoms with Gasteiger partial charge in [0.1, 0.15) is 5.58 Å². The Balaban J connectivity index is 1.09. The van der Waals surface area contributed by atoms with E-state index < -0.39 is 0 Å². The zero-order chi connectivity index (χ0) is 37.3. The molecule has 0 saturated carbocycles. The van der Waals surface area contributed by atoms with Gasteiger partial charge >= 0.3 is 0 Å². The molecular formula is C54H37NO. The van der Waals surface area contributed by atoms with Crippen LogP contribution < -0.4 is 4.90 Å². The van der Waals surface area contributed by atoms with Crippen LogP contribution in [0.1, 0.15) is 0 Å². The Labute approximate surface area is 327 Å². The highest BCUT2D eigenvalue weighted by atomic mass is 16.3. The van der Waals surface area contributed by atoms with Gasteiger partial charge in [-0.15, -0.1) is 0 Å². The largest absolute Gasteiger partial charge is 0.454 e. The SMILES string of the molecule is c1ccc(-c2cccc(-c3ccc(N(c4ccc(-c5cccc(-c6ccccc6)c5)cc4)c4cccc5c4oc4cccc(-c6ccccc6)c45)cc3)c2)cc1. The minimum atomic E-state index is 0.852. The van der Waals surface area contributed by atoms with Gasteiger partial charge < -0.3 is 9.32 Å². The third-order valence-corrected chi connectivity index (χ3v) is 10.7. The molecule has 0 spiro atoms. The molecule has 2 heteroatoms. The van der Waals surface area contributed by atoms with Gasteiger partial charge in [-0.05, 0) is 104 Å². The molecular weight excluding hydrogens is 679 g/mol. The van der Waals surface area contributed by atoms with Crippen LogP contribution in [0.15, 0.2) is 229 Å². The predicted octanol–water partition coefficient (Wildman–Crippen LogP) is 15.4. The second-order valence-corrected chi connectivity index (χ2v) is 14.1. The lowest BCUT2D eigenvalue weighted by Crippen LogP contribution is -2.10. The molecule has 10 rings (SSSR count). The topological polar surface area (TPSA) is 16.4 Å². The third-order valence-electron chi connectivity index (χ3n) is 10.7. The molecule has 0 unspecified atom stereocenters. The first kappa shape index (κ1) is 33.2. The van der Waals surface area contributed by atoms with Gasteiger partial charge in [0.05, 0.1) is 5.69 Å². The molecule has 0 aliphatic carbocycles. The molecule has 0 aliphatic heterocycles. The van der Waals surface area contributed by atoms with E-state index in [1.165, 1.54) is 38.9 Å². The molecule has 1 heterocycles. The fourth-order valence-corrected chi connectivity index (χ4v) is 7.92. The lowest BCUT2D eigenvalue weighted by atomic mass is 9.98. The maximum atomic E-state index is 6.82. The van der Waals surface area contributed by atoms with E-state index in [0.717, 1.165) is 55.7 Å². The summed E-state index contributed by atoms with van der Waals surface area (Å²) in [5.74, 6) is 0. The Morgan fingerprint density at radius 1 is 0.304 bits per heavy atom. The molecule has 264 valence electrons. The summed E-state index contributed by atoms with van der Waals surface area (Å²) in [7, 11) is 0. The lowest BCUT2D eigenvalue weighted by molar-refractivity contribution is 0.669. The molecule has 0 fully saturated rings. The number of anilines is 3. The molecule has 9 aromatic carbocycles. The van der Waals surface area contributed by atoms with E-state index in [9.17, 15) is 0 Å². The van der Waals surface area contributed by atoms with Crippen molar-refractivity contribution in [3.63, 3.8) is 0 Å². The van der Waals surface area contributed by atoms with E-state index in [4.69, 9.17) is 4.42 Å². The van der Waals surface area contributed by atoms with Crippen molar-refractivity contribution in [1.29, 1.82) is 0 Å². The molecule has 0 atom stereocenters. The minimum Gasteiger partial charge on any atom is -0.454 e. The van der Waals surface area contributed by atoms with E-state index in [1.807, 2.05) is 0 Å². The van der Waals surface area contributed by atoms with Crippen molar-refractivity contribution in [1.82, 2.24) is 0 Å². The van der Waals surface area contributed by atoms with Crippen molar-refractivity contribution in [2.75, 3.05) is 4.90 Å². The minimum absolute atomic E-state index is 0.852. The molecule has 10 aromatic rings. The zero-order valence-electron chi connectivity index (χ0n) is 30.7. The van der Waals surface area contributed by atoms with Gasteiger partial charge in [0.15, 0.2) is 5.58 Å². The Hall–Kier alpha value is -7.42. The lowest BCUT2D eigenvalue weighted by Gasteiger charge is -2.26. The fourth-order valence-electron chi connectivity index (χ4n) is 7.92. The predicted molar refractivity (Wildman–Crippen MR) is 236 cm³/mol. The molecule has 56 heavy (non-hydrogen) atoms. The first-order chi connectivity index (χ1) is 27.8. The maximum Gasteiger partial charge on any atom is 0.159 e. The summed E-state index contributed by atoms with van der Waals surface area (Å²) < 4.78 is 6.82. The Kier molecular flexibility index (Phi) is 8.55. The van der Waals surface area contributed by atoms with Crippen LogP contribution in [0.5, 0.6) is 0 Å². The number of rotatable bonds is 8. The van der Waals surface area contributed by atoms with Gasteiger partial charge in [-0.2, -0.15) is 0 Å². The molecule has 0 N–H and O–H groups in total. The number of hydrogen-bond acceptors (Lipinski definition) is 2. The van der Waals surface area contributed by atoms with Crippen molar-refractivity contribution in [2.45, 2.75) is 0 Å². The van der Waals surface area contributed by atoms with E-state index in [1.54, 1.807) is 0 Å². The summed E-state index contributed by atoms with van der Waals surface area (Å²) in [6, 6.07) is 79.8. The van der Waals surface area contributed by atoms with Crippen LogP contribution in [-0.4, -0.2) is 0 Å². The van der Waals surface area contributed by atoms with Crippen LogP contribution in [0.3, 0.4) is 0 Å². The van der Waals surface area contributed by atoms with Crippen LogP contribution in [-0.2, 0) is 0 Å². The summed E-state index contributed by atoms with van der Waals surface area (Å²) in [4.78, 5) is 2.32. The Bertz CT molecular complexity index is 2800. The van der Waals surface area contributed by atoms with Gasteiger partial charge in [0, 0.05) is 22.1 Å². The smallest absolute Gasteiger partial charge is 0.159 e. The number of nitrogens with zero attached hydrogens (tertiary/aromatic N) is 1. The number of fused-ring (bicyclic) bond motifs is 3. The maximum absolute atomic E-state index is 6.82. The van der Waals surface area contributed by atoms with Gasteiger partial charge in [0.25, 0.3) is 0 Å². The molecule has 0 bridgehead atoms. The second kappa shape index (κ2) is 14.4. The molecule has 0 aliphatic rings. The summed E-state index contributed by atoms with van der Waals surface area (Å²) in [5.41, 5.74) is 16.6. The standard InChI is InChI=1S/C54H37NO/c1-4-14-38(15-5-1)43-20-10-22-45(36-43)40-28-32-47(33-29-40)55(48-34-30-41(31-35-48)46-23-11-21-44(37-46)39-16-6-2-7-17-39)51-26-12-25-50-53-49(42-18-8-3-9-19-42)24-13-27-52(53)56-54(50)51/h1-37H. The third kappa shape index (κ3) is 6.24. The monoisotopic (exact) mass is 715 g/mol. The van der Waals surface area contributed by atoms with Gasteiger partial charge in [-0.1, -0.05) is 176 Å². The zero-order valence-corrected chi connectivity index (χ0v) is 30.7. The average Bonchev–Trinajstić information content (AvgIpc) is 3.68. The first-order valence-corrected chi connectivity index (χ1v) is 19.1. The second-order valence-electron chi connectivity index (χ2n) is 14.1. The van der Waals surface area contributed by atoms with Crippen molar-refractivity contribution < 1.29 is 4.42 Å². The van der Waals surface area contributed by atoms with Crippen molar-refractivity contribution in [3.8, 4) is 55.6 Å². The van der Waals surface area contributed by atoms with Crippen LogP contribution >= 0.6 is 0 Å². The van der Waals surface area contributed by atoms with Crippen LogP contribution in [0.4, 0.5) is 17.1 Å². The summed E-state index contributed by atoms with van der Waals surface area (Å²) in [6.07, 6.45) is 0. The number of hydrogen-bond donors (Lipinski definition) is 0. The van der Waals surface area contributed by atoms with E-state index >= 15 is 0 Å². The number of furan rings is 1. The number of benzene rings is 9. The van der Waals surface area contributed by atoms with Gasteiger partial charge in [-0.25, -0.2) is 0 Å². The van der Waals surface area contributed by atoms with Crippen molar-refractivity contribution in [3.05, 3.63) is 224 Å². The molecule has 0 amide bonds. The summed E-state index contributed by atoms with van der Waals surface area (Å²) in [5, 5.41) is 2.21. The molecule has 1 aromatic heterocycles. The molecule has 0 radical (unpaired) electrons. The molecule has 2 nitrogen and oxygen atoms in total. The summed E-state index contributed by atoms with van der Waals surface area (Å²) in [6.45, 7) is 0. The first-order valence-electron chi connectivity index (χ1n) is 19.1.